The maximum Gasteiger partial charge on any atom is 0.326 e. The fraction of sp³-hybridized carbons (Fsp3) is 0.800. The maximum absolute atomic E-state index is 11.7. The monoisotopic (exact) mass is 246 g/mol. The molecule has 0 aliphatic carbocycles. The van der Waals surface area contributed by atoms with E-state index in [2.05, 4.69) is 5.32 Å². The van der Waals surface area contributed by atoms with Crippen molar-refractivity contribution in [3.63, 3.8) is 0 Å². The highest BCUT2D eigenvalue weighted by Crippen LogP contribution is 2.09. The number of hydrogen-bond donors (Lipinski definition) is 2. The van der Waals surface area contributed by atoms with E-state index < -0.39 is 12.0 Å². The summed E-state index contributed by atoms with van der Waals surface area (Å²) >= 11 is 1.81. The second-order valence-corrected chi connectivity index (χ2v) is 4.95. The van der Waals surface area contributed by atoms with Gasteiger partial charge in [0.2, 0.25) is 0 Å². The van der Waals surface area contributed by atoms with E-state index >= 15 is 0 Å². The minimum absolute atomic E-state index is 0.249. The lowest BCUT2D eigenvalue weighted by molar-refractivity contribution is -0.139. The second kappa shape index (κ2) is 6.62. The highest BCUT2D eigenvalue weighted by molar-refractivity contribution is 7.99. The van der Waals surface area contributed by atoms with Crippen LogP contribution in [0.5, 0.6) is 0 Å². The lowest BCUT2D eigenvalue weighted by atomic mass is 10.2. The fourth-order valence-corrected chi connectivity index (χ4v) is 2.46. The fourth-order valence-electron chi connectivity index (χ4n) is 1.55. The van der Waals surface area contributed by atoms with Crippen molar-refractivity contribution in [3.05, 3.63) is 0 Å². The molecule has 0 bridgehead atoms. The van der Waals surface area contributed by atoms with Gasteiger partial charge >= 0.3 is 12.0 Å². The summed E-state index contributed by atoms with van der Waals surface area (Å²) in [5, 5.41) is 11.5. The van der Waals surface area contributed by atoms with Crippen molar-refractivity contribution < 1.29 is 14.7 Å². The highest BCUT2D eigenvalue weighted by atomic mass is 32.2. The molecule has 1 unspecified atom stereocenters. The summed E-state index contributed by atoms with van der Waals surface area (Å²) in [6.45, 7) is 3.31. The first-order chi connectivity index (χ1) is 7.65. The molecule has 0 aromatic rings. The van der Waals surface area contributed by atoms with E-state index in [0.717, 1.165) is 17.9 Å². The smallest absolute Gasteiger partial charge is 0.326 e. The zero-order chi connectivity index (χ0) is 12.0. The molecule has 1 atom stereocenters. The molecule has 0 aromatic carbocycles. The molecule has 0 aromatic heterocycles. The summed E-state index contributed by atoms with van der Waals surface area (Å²) in [6, 6.07) is -1.01. The number of carboxylic acid groups (broad SMARTS) is 1. The van der Waals surface area contributed by atoms with Gasteiger partial charge in [0.15, 0.2) is 0 Å². The SMILES string of the molecule is CCCC(NC(=O)N1CCSCC1)C(=O)O. The molecular weight excluding hydrogens is 228 g/mol. The number of carboxylic acids is 1. The van der Waals surface area contributed by atoms with E-state index in [1.165, 1.54) is 0 Å². The van der Waals surface area contributed by atoms with Crippen LogP contribution in [0.1, 0.15) is 19.8 Å². The quantitative estimate of drug-likeness (QED) is 0.776. The maximum atomic E-state index is 11.7. The number of carbonyl (C=O) groups excluding carboxylic acids is 1. The molecule has 1 aliphatic heterocycles. The van der Waals surface area contributed by atoms with Crippen LogP contribution in [0, 0.1) is 0 Å². The molecule has 6 heteroatoms. The molecule has 16 heavy (non-hydrogen) atoms. The van der Waals surface area contributed by atoms with E-state index in [0.29, 0.717) is 19.5 Å². The zero-order valence-electron chi connectivity index (χ0n) is 9.44. The average Bonchev–Trinajstić information content (AvgIpc) is 2.29. The van der Waals surface area contributed by atoms with Crippen molar-refractivity contribution in [2.45, 2.75) is 25.8 Å². The number of rotatable bonds is 4. The van der Waals surface area contributed by atoms with Crippen molar-refractivity contribution in [3.8, 4) is 0 Å². The predicted molar refractivity (Wildman–Crippen MR) is 63.8 cm³/mol. The Bertz CT molecular complexity index is 254. The largest absolute Gasteiger partial charge is 0.480 e. The summed E-state index contributed by atoms with van der Waals surface area (Å²) in [5.41, 5.74) is 0. The number of amides is 2. The van der Waals surface area contributed by atoms with Gasteiger partial charge in [-0.25, -0.2) is 9.59 Å². The van der Waals surface area contributed by atoms with Crippen molar-refractivity contribution in [1.29, 1.82) is 0 Å². The highest BCUT2D eigenvalue weighted by Gasteiger charge is 2.23. The summed E-state index contributed by atoms with van der Waals surface area (Å²) < 4.78 is 0. The summed E-state index contributed by atoms with van der Waals surface area (Å²) in [6.07, 6.45) is 1.22. The van der Waals surface area contributed by atoms with Crippen LogP contribution in [-0.2, 0) is 4.79 Å². The minimum atomic E-state index is -0.957. The van der Waals surface area contributed by atoms with Gasteiger partial charge in [-0.05, 0) is 6.42 Å². The van der Waals surface area contributed by atoms with Crippen LogP contribution in [0.3, 0.4) is 0 Å². The topological polar surface area (TPSA) is 69.6 Å². The number of hydrogen-bond acceptors (Lipinski definition) is 3. The van der Waals surface area contributed by atoms with Crippen molar-refractivity contribution in [2.75, 3.05) is 24.6 Å². The van der Waals surface area contributed by atoms with E-state index in [1.54, 1.807) is 4.90 Å². The molecule has 0 saturated carbocycles. The second-order valence-electron chi connectivity index (χ2n) is 3.73. The Kier molecular flexibility index (Phi) is 5.45. The van der Waals surface area contributed by atoms with Gasteiger partial charge in [-0.15, -0.1) is 0 Å². The number of nitrogens with zero attached hydrogens (tertiary/aromatic N) is 1. The van der Waals surface area contributed by atoms with E-state index in [9.17, 15) is 9.59 Å². The Morgan fingerprint density at radius 1 is 1.44 bits per heavy atom. The number of nitrogens with one attached hydrogen (secondary N) is 1. The van der Waals surface area contributed by atoms with Crippen molar-refractivity contribution >= 4 is 23.8 Å². The Hall–Kier alpha value is -0.910. The van der Waals surface area contributed by atoms with E-state index in [-0.39, 0.29) is 6.03 Å². The molecule has 5 nitrogen and oxygen atoms in total. The van der Waals surface area contributed by atoms with Gasteiger partial charge in [0.05, 0.1) is 0 Å². The van der Waals surface area contributed by atoms with Crippen molar-refractivity contribution in [1.82, 2.24) is 10.2 Å². The van der Waals surface area contributed by atoms with Gasteiger partial charge < -0.3 is 15.3 Å². The van der Waals surface area contributed by atoms with Gasteiger partial charge in [-0.2, -0.15) is 11.8 Å². The number of urea groups is 1. The lowest BCUT2D eigenvalue weighted by Gasteiger charge is -2.28. The van der Waals surface area contributed by atoms with Gasteiger partial charge in [-0.3, -0.25) is 0 Å². The van der Waals surface area contributed by atoms with E-state index in [1.807, 2.05) is 18.7 Å². The molecule has 0 radical (unpaired) electrons. The van der Waals surface area contributed by atoms with Crippen LogP contribution < -0.4 is 5.32 Å². The van der Waals surface area contributed by atoms with Gasteiger partial charge in [0, 0.05) is 24.6 Å². The molecule has 1 fully saturated rings. The standard InChI is InChI=1S/C10H18N2O3S/c1-2-3-8(9(13)14)11-10(15)12-4-6-16-7-5-12/h8H,2-7H2,1H3,(H,11,15)(H,13,14). The normalized spacial score (nSPS) is 17.9. The van der Waals surface area contributed by atoms with Crippen molar-refractivity contribution in [2.24, 2.45) is 0 Å². The molecule has 1 saturated heterocycles. The first kappa shape index (κ1) is 13.2. The molecular formula is C10H18N2O3S. The van der Waals surface area contributed by atoms with Crippen LogP contribution in [0.2, 0.25) is 0 Å². The third-order valence-electron chi connectivity index (χ3n) is 2.47. The molecule has 2 N–H and O–H groups in total. The summed E-state index contributed by atoms with van der Waals surface area (Å²) in [7, 11) is 0. The lowest BCUT2D eigenvalue weighted by Crippen LogP contribution is -2.50. The molecule has 2 amide bonds. The third kappa shape index (κ3) is 3.92. The van der Waals surface area contributed by atoms with Crippen LogP contribution in [0.15, 0.2) is 0 Å². The molecule has 1 heterocycles. The number of thioether (sulfide) groups is 1. The summed E-state index contributed by atoms with van der Waals surface area (Å²) in [4.78, 5) is 24.3. The van der Waals surface area contributed by atoms with Gasteiger partial charge in [0.1, 0.15) is 6.04 Å². The zero-order valence-corrected chi connectivity index (χ0v) is 10.3. The van der Waals surface area contributed by atoms with Crippen LogP contribution >= 0.6 is 11.8 Å². The molecule has 92 valence electrons. The Morgan fingerprint density at radius 3 is 2.56 bits per heavy atom. The van der Waals surface area contributed by atoms with Gasteiger partial charge in [-0.1, -0.05) is 13.3 Å². The van der Waals surface area contributed by atoms with Crippen LogP contribution in [0.25, 0.3) is 0 Å². The first-order valence-corrected chi connectivity index (χ1v) is 6.66. The third-order valence-corrected chi connectivity index (χ3v) is 3.41. The van der Waals surface area contributed by atoms with Gasteiger partial charge in [0.25, 0.3) is 0 Å². The number of carbonyl (C=O) groups is 2. The molecule has 0 spiro atoms. The Labute approximate surface area is 99.6 Å². The summed E-state index contributed by atoms with van der Waals surface area (Å²) in [5.74, 6) is 0.902. The molecule has 1 rings (SSSR count). The number of aliphatic carboxylic acids is 1. The van der Waals surface area contributed by atoms with E-state index in [4.69, 9.17) is 5.11 Å². The average molecular weight is 246 g/mol. The first-order valence-electron chi connectivity index (χ1n) is 5.51. The Morgan fingerprint density at radius 2 is 2.06 bits per heavy atom. The van der Waals surface area contributed by atoms with Crippen LogP contribution in [-0.4, -0.2) is 52.6 Å². The predicted octanol–water partition coefficient (Wildman–Crippen LogP) is 0.998. The Balaban J connectivity index is 2.43. The van der Waals surface area contributed by atoms with Crippen LogP contribution in [0.4, 0.5) is 4.79 Å². The minimum Gasteiger partial charge on any atom is -0.480 e. The molecule has 1 aliphatic rings.